The minimum absolute atomic E-state index is 0.0585. The third-order valence-electron chi connectivity index (χ3n) is 18.6. The number of rotatable bonds is 26. The second-order valence-electron chi connectivity index (χ2n) is 25.8. The van der Waals surface area contributed by atoms with Crippen molar-refractivity contribution in [2.45, 2.75) is 88.0 Å². The van der Waals surface area contributed by atoms with Crippen LogP contribution in [0.1, 0.15) is 99.1 Å². The number of carbonyl (C=O) groups excluding carboxylic acids is 3. The molecule has 0 radical (unpaired) electrons. The highest BCUT2D eigenvalue weighted by Crippen LogP contribution is 2.41. The summed E-state index contributed by atoms with van der Waals surface area (Å²) >= 11 is 3.49. The minimum atomic E-state index is -0.314. The zero-order valence-corrected chi connectivity index (χ0v) is 62.6. The van der Waals surface area contributed by atoms with E-state index in [0.29, 0.717) is 124 Å². The number of phenolic OH excluding ortho intramolecular Hbond substituents is 2. The smallest absolute Gasteiger partial charge is 0.309 e. The molecule has 0 spiro atoms. The topological polar surface area (TPSA) is 212 Å². The summed E-state index contributed by atoms with van der Waals surface area (Å²) in [5.41, 5.74) is 10.5. The Labute approximate surface area is 634 Å². The lowest BCUT2D eigenvalue weighted by molar-refractivity contribution is -0.154. The van der Waals surface area contributed by atoms with Gasteiger partial charge in [0.05, 0.1) is 74.3 Å². The number of esters is 3. The van der Waals surface area contributed by atoms with E-state index in [0.717, 1.165) is 78.9 Å². The van der Waals surface area contributed by atoms with Crippen LogP contribution in [0.25, 0.3) is 0 Å². The molecule has 0 amide bonds. The molecule has 2 unspecified atom stereocenters. The number of ether oxygens (including phenoxy) is 13. The van der Waals surface area contributed by atoms with Crippen molar-refractivity contribution in [3.8, 4) is 69.0 Å². The first kappa shape index (κ1) is 78.3. The van der Waals surface area contributed by atoms with Gasteiger partial charge in [-0.1, -0.05) is 174 Å². The summed E-state index contributed by atoms with van der Waals surface area (Å²) in [5, 5.41) is 19.8. The molecule has 0 aliphatic carbocycles. The molecule has 0 aromatic heterocycles. The number of methoxy groups -OCH3 is 6. The molecule has 19 heteroatoms. The maximum atomic E-state index is 12.8. The maximum absolute atomic E-state index is 12.8. The average molecular weight is 1520 g/mol. The lowest BCUT2D eigenvalue weighted by Gasteiger charge is -2.29. The van der Waals surface area contributed by atoms with Gasteiger partial charge in [-0.15, -0.1) is 0 Å². The molecule has 3 aliphatic rings. The molecule has 0 saturated carbocycles. The number of hydrogen-bond donors (Lipinski definition) is 2. The van der Waals surface area contributed by atoms with Gasteiger partial charge >= 0.3 is 17.9 Å². The van der Waals surface area contributed by atoms with Gasteiger partial charge in [0, 0.05) is 29.5 Å². The fourth-order valence-corrected chi connectivity index (χ4v) is 13.0. The Bertz CT molecular complexity index is 4450. The standard InChI is InChI=1S/C34H34O6.C21H19BrO2.C20H22O6.C13H16O4/c1-36-30-16-14-27(20-32(30)37-2)29-19-28(34(35)40-23-29)17-26-13-15-31(38-21-24-9-5-3-6-10-24)33(18-26)39-22-25-11-7-4-8-12-25;22-14-19-11-12-20(23-15-17-7-3-1-4-8-17)21(13-19)24-16-18-9-5-2-6-10-18;1-24-18-6-4-13(10-19(18)25-2)15-9-14(20(23)26-11-15)7-12-3-5-16(21)17(22)8-12;1-15-11-5-3-9(7-12(11)16-2)10-4-6-13(14)17-8-10/h3-16,18,20,28-29H,17,19,21-23H2,1-2H3;1-13H,14-16H2;3-6,8,10,14-15,21-22H,7,9,11H2,1-2H3;3,5,7,10H,4,6,8H2,1-2H3/t28?,29-;;14?,15-;10-/m1.11/s1. The maximum Gasteiger partial charge on any atom is 0.309 e. The van der Waals surface area contributed by atoms with Crippen LogP contribution in [0, 0.1) is 11.8 Å². The van der Waals surface area contributed by atoms with E-state index in [2.05, 4.69) is 40.2 Å². The van der Waals surface area contributed by atoms with Crippen molar-refractivity contribution in [3.63, 3.8) is 0 Å². The van der Waals surface area contributed by atoms with Crippen molar-refractivity contribution >= 4 is 33.8 Å². The average Bonchev–Trinajstić information content (AvgIpc) is 0.823. The number of alkyl halides is 1. The van der Waals surface area contributed by atoms with Gasteiger partial charge in [0.25, 0.3) is 0 Å². The fourth-order valence-electron chi connectivity index (χ4n) is 12.6. The van der Waals surface area contributed by atoms with Crippen molar-refractivity contribution in [3.05, 3.63) is 286 Å². The number of hydrogen-bond acceptors (Lipinski definition) is 18. The van der Waals surface area contributed by atoms with Crippen molar-refractivity contribution in [1.29, 1.82) is 0 Å². The molecule has 107 heavy (non-hydrogen) atoms. The number of cyclic esters (lactones) is 3. The van der Waals surface area contributed by atoms with Crippen LogP contribution in [-0.4, -0.2) is 90.6 Å². The Morgan fingerprint density at radius 1 is 0.336 bits per heavy atom. The van der Waals surface area contributed by atoms with E-state index in [1.165, 1.54) is 12.1 Å². The van der Waals surface area contributed by atoms with Gasteiger partial charge in [0.15, 0.2) is 69.0 Å². The third kappa shape index (κ3) is 22.8. The highest BCUT2D eigenvalue weighted by Gasteiger charge is 2.34. The Kier molecular flexibility index (Phi) is 29.5. The highest BCUT2D eigenvalue weighted by atomic mass is 79.9. The Hall–Kier alpha value is -11.3. The molecule has 3 heterocycles. The van der Waals surface area contributed by atoms with Crippen LogP contribution in [0.5, 0.6) is 69.0 Å². The van der Waals surface area contributed by atoms with E-state index in [-0.39, 0.29) is 59.0 Å². The first-order chi connectivity index (χ1) is 52.2. The first-order valence-corrected chi connectivity index (χ1v) is 36.5. The lowest BCUT2D eigenvalue weighted by atomic mass is 9.84. The van der Waals surface area contributed by atoms with E-state index >= 15 is 0 Å². The molecule has 0 bridgehead atoms. The van der Waals surface area contributed by atoms with Gasteiger partial charge in [0.1, 0.15) is 26.4 Å². The summed E-state index contributed by atoms with van der Waals surface area (Å²) < 4.78 is 72.4. The van der Waals surface area contributed by atoms with Crippen LogP contribution in [0.2, 0.25) is 0 Å². The van der Waals surface area contributed by atoms with Gasteiger partial charge in [-0.25, -0.2) is 0 Å². The zero-order valence-electron chi connectivity index (χ0n) is 61.0. The van der Waals surface area contributed by atoms with Crippen LogP contribution in [0.4, 0.5) is 0 Å². The minimum Gasteiger partial charge on any atom is -0.504 e. The molecule has 558 valence electrons. The Balaban J connectivity index is 0.000000160. The normalized spacial score (nSPS) is 16.4. The second kappa shape index (κ2) is 40.3. The second-order valence-corrected chi connectivity index (χ2v) is 26.4. The van der Waals surface area contributed by atoms with Gasteiger partial charge in [-0.3, -0.25) is 14.4 Å². The summed E-state index contributed by atoms with van der Waals surface area (Å²) in [6.45, 7) is 3.02. The summed E-state index contributed by atoms with van der Waals surface area (Å²) in [5.74, 6) is 5.81. The molecule has 3 aliphatic heterocycles. The van der Waals surface area contributed by atoms with Crippen LogP contribution in [-0.2, 0) is 73.2 Å². The quantitative estimate of drug-likeness (QED) is 0.0223. The summed E-state index contributed by atoms with van der Waals surface area (Å²) in [7, 11) is 9.63. The van der Waals surface area contributed by atoms with Gasteiger partial charge < -0.3 is 71.8 Å². The molecule has 10 aromatic carbocycles. The molecule has 3 fully saturated rings. The fraction of sp³-hybridized carbons (Fsp3) is 0.284. The molecule has 3 saturated heterocycles. The number of halogens is 1. The van der Waals surface area contributed by atoms with E-state index in [9.17, 15) is 24.6 Å². The summed E-state index contributed by atoms with van der Waals surface area (Å²) in [4.78, 5) is 36.0. The number of carbonyl (C=O) groups is 3. The van der Waals surface area contributed by atoms with Crippen LogP contribution in [0.15, 0.2) is 231 Å². The van der Waals surface area contributed by atoms with E-state index in [4.69, 9.17) is 61.6 Å². The largest absolute Gasteiger partial charge is 0.504 e. The van der Waals surface area contributed by atoms with Gasteiger partial charge in [-0.05, 0) is 161 Å². The molecule has 2 N–H and O–H groups in total. The van der Waals surface area contributed by atoms with E-state index in [1.807, 2.05) is 188 Å². The Morgan fingerprint density at radius 3 is 1.04 bits per heavy atom. The predicted molar refractivity (Wildman–Crippen MR) is 411 cm³/mol. The van der Waals surface area contributed by atoms with Crippen LogP contribution in [0.3, 0.4) is 0 Å². The van der Waals surface area contributed by atoms with Crippen LogP contribution < -0.4 is 47.4 Å². The first-order valence-electron chi connectivity index (χ1n) is 35.4. The monoisotopic (exact) mass is 1510 g/mol. The van der Waals surface area contributed by atoms with E-state index < -0.39 is 0 Å². The van der Waals surface area contributed by atoms with E-state index in [1.54, 1.807) is 48.7 Å². The number of aromatic hydroxyl groups is 2. The SMILES string of the molecule is BrCc1ccc(OCc2ccccc2)c(OCc2ccccc2)c1.COc1ccc([C@@H]2CCC(=O)OC2)cc1OC.COc1ccc([C@H]2COC(=O)C(Cc3ccc(O)c(O)c3)C2)cc1OC.COc1ccc([C@H]2COC(=O)C(Cc3ccc(OCc4ccccc4)c(OCc4ccccc4)c3)C2)cc1OC. The highest BCUT2D eigenvalue weighted by molar-refractivity contribution is 9.08. The van der Waals surface area contributed by atoms with Crippen molar-refractivity contribution < 1.29 is 86.2 Å². The molecule has 10 aromatic rings. The van der Waals surface area contributed by atoms with Gasteiger partial charge in [-0.2, -0.15) is 0 Å². The lowest BCUT2D eigenvalue weighted by Crippen LogP contribution is -2.30. The molecule has 18 nitrogen and oxygen atoms in total. The number of phenols is 2. The molecular formula is C88H91BrO18. The summed E-state index contributed by atoms with van der Waals surface area (Å²) in [6, 6.07) is 74.3. The van der Waals surface area contributed by atoms with Crippen LogP contribution >= 0.6 is 15.9 Å². The third-order valence-corrected chi connectivity index (χ3v) is 19.2. The zero-order chi connectivity index (χ0) is 75.3. The van der Waals surface area contributed by atoms with Crippen molar-refractivity contribution in [1.82, 2.24) is 0 Å². The Morgan fingerprint density at radius 2 is 0.673 bits per heavy atom. The molecule has 5 atom stereocenters. The molecular weight excluding hydrogens is 1420 g/mol. The molecule has 13 rings (SSSR count). The van der Waals surface area contributed by atoms with Crippen molar-refractivity contribution in [2.75, 3.05) is 62.5 Å². The summed E-state index contributed by atoms with van der Waals surface area (Å²) in [6.07, 6.45) is 3.61. The van der Waals surface area contributed by atoms with Crippen molar-refractivity contribution in [2.24, 2.45) is 11.8 Å². The van der Waals surface area contributed by atoms with Gasteiger partial charge in [0.2, 0.25) is 0 Å². The predicted octanol–water partition coefficient (Wildman–Crippen LogP) is 17.6. The number of benzene rings is 10.